The van der Waals surface area contributed by atoms with E-state index in [9.17, 15) is 9.59 Å². The molecule has 5 rings (SSSR count). The lowest BCUT2D eigenvalue weighted by Crippen LogP contribution is -2.36. The summed E-state index contributed by atoms with van der Waals surface area (Å²) in [5, 5.41) is 10.9. The molecular formula is C18H16N6O2S. The van der Waals surface area contributed by atoms with Gasteiger partial charge in [0.05, 0.1) is 17.8 Å². The van der Waals surface area contributed by atoms with E-state index in [1.54, 1.807) is 11.0 Å². The molecule has 1 aliphatic heterocycles. The van der Waals surface area contributed by atoms with Crippen LogP contribution in [0.2, 0.25) is 0 Å². The molecule has 27 heavy (non-hydrogen) atoms. The highest BCUT2D eigenvalue weighted by atomic mass is 32.1. The zero-order valence-corrected chi connectivity index (χ0v) is 15.2. The predicted molar refractivity (Wildman–Crippen MR) is 101 cm³/mol. The lowest BCUT2D eigenvalue weighted by molar-refractivity contribution is -0.133. The average Bonchev–Trinajstić information content (AvgIpc) is 3.42. The van der Waals surface area contributed by atoms with Crippen molar-refractivity contribution in [3.63, 3.8) is 0 Å². The molecule has 0 N–H and O–H groups in total. The molecular weight excluding hydrogens is 364 g/mol. The minimum absolute atomic E-state index is 0.0230. The van der Waals surface area contributed by atoms with E-state index in [4.69, 9.17) is 0 Å². The fourth-order valence-electron chi connectivity index (χ4n) is 3.66. The van der Waals surface area contributed by atoms with Crippen LogP contribution in [0.3, 0.4) is 0 Å². The summed E-state index contributed by atoms with van der Waals surface area (Å²) in [5.41, 5.74) is 0.577. The Morgan fingerprint density at radius 1 is 1.26 bits per heavy atom. The zero-order chi connectivity index (χ0) is 18.4. The molecule has 0 bridgehead atoms. The van der Waals surface area contributed by atoms with Crippen molar-refractivity contribution in [1.82, 2.24) is 29.0 Å². The van der Waals surface area contributed by atoms with Crippen LogP contribution in [0.5, 0.6) is 0 Å². The summed E-state index contributed by atoms with van der Waals surface area (Å²) in [7, 11) is 0. The van der Waals surface area contributed by atoms with Gasteiger partial charge in [-0.3, -0.25) is 18.6 Å². The highest BCUT2D eigenvalue weighted by Gasteiger charge is 2.33. The molecule has 0 spiro atoms. The molecule has 1 amide bonds. The fourth-order valence-corrected chi connectivity index (χ4v) is 4.39. The monoisotopic (exact) mass is 380 g/mol. The first kappa shape index (κ1) is 16.1. The van der Waals surface area contributed by atoms with Crippen LogP contribution >= 0.6 is 11.3 Å². The minimum Gasteiger partial charge on any atom is -0.331 e. The molecule has 1 aliphatic rings. The van der Waals surface area contributed by atoms with Crippen LogP contribution in [0.15, 0.2) is 47.0 Å². The number of hydrogen-bond acceptors (Lipinski definition) is 6. The number of carbonyl (C=O) groups excluding carboxylic acids is 1. The largest absolute Gasteiger partial charge is 0.331 e. The highest BCUT2D eigenvalue weighted by molar-refractivity contribution is 7.16. The van der Waals surface area contributed by atoms with Crippen LogP contribution in [0.25, 0.3) is 15.9 Å². The van der Waals surface area contributed by atoms with Gasteiger partial charge in [0, 0.05) is 12.7 Å². The van der Waals surface area contributed by atoms with Gasteiger partial charge in [-0.15, -0.1) is 21.5 Å². The predicted octanol–water partition coefficient (Wildman–Crippen LogP) is 1.86. The Hall–Kier alpha value is -3.07. The van der Waals surface area contributed by atoms with Gasteiger partial charge in [-0.25, -0.2) is 4.98 Å². The van der Waals surface area contributed by atoms with Crippen LogP contribution in [0.4, 0.5) is 0 Å². The molecule has 1 unspecified atom stereocenters. The Kier molecular flexibility index (Phi) is 3.75. The lowest BCUT2D eigenvalue weighted by Gasteiger charge is -2.23. The van der Waals surface area contributed by atoms with Gasteiger partial charge in [-0.2, -0.15) is 0 Å². The number of carbonyl (C=O) groups is 1. The minimum atomic E-state index is -0.182. The van der Waals surface area contributed by atoms with Gasteiger partial charge in [-0.05, 0) is 36.4 Å². The first-order chi connectivity index (χ1) is 13.2. The summed E-state index contributed by atoms with van der Waals surface area (Å²) < 4.78 is 3.30. The molecule has 0 aliphatic carbocycles. The Labute approximate surface area is 157 Å². The Morgan fingerprint density at radius 3 is 3.11 bits per heavy atom. The fraction of sp³-hybridized carbons (Fsp3) is 0.278. The third kappa shape index (κ3) is 2.62. The zero-order valence-electron chi connectivity index (χ0n) is 14.4. The number of likely N-dealkylation sites (tertiary alicyclic amines) is 1. The normalized spacial score (nSPS) is 17.2. The topological polar surface area (TPSA) is 85.4 Å². The number of nitrogens with zero attached hydrogens (tertiary/aromatic N) is 6. The van der Waals surface area contributed by atoms with E-state index in [-0.39, 0.29) is 24.1 Å². The first-order valence-corrected chi connectivity index (χ1v) is 9.62. The molecule has 136 valence electrons. The molecule has 8 nitrogen and oxygen atoms in total. The molecule has 5 heterocycles. The van der Waals surface area contributed by atoms with Crippen LogP contribution < -0.4 is 5.56 Å². The summed E-state index contributed by atoms with van der Waals surface area (Å²) in [6.07, 6.45) is 5.09. The molecule has 0 saturated carbocycles. The lowest BCUT2D eigenvalue weighted by atomic mass is 10.2. The third-order valence-corrected chi connectivity index (χ3v) is 5.79. The van der Waals surface area contributed by atoms with Gasteiger partial charge in [0.1, 0.15) is 11.4 Å². The SMILES string of the molecule is O=C(Cn1cnc2sccc2c1=O)N1CCCC1c1nnc2ccccn12. The highest BCUT2D eigenvalue weighted by Crippen LogP contribution is 2.31. The van der Waals surface area contributed by atoms with Gasteiger partial charge in [-0.1, -0.05) is 6.07 Å². The summed E-state index contributed by atoms with van der Waals surface area (Å²) in [5.74, 6) is 0.652. The van der Waals surface area contributed by atoms with Crippen molar-refractivity contribution in [2.24, 2.45) is 0 Å². The number of fused-ring (bicyclic) bond motifs is 2. The maximum absolute atomic E-state index is 13.0. The summed E-state index contributed by atoms with van der Waals surface area (Å²) in [4.78, 5) is 32.3. The number of aromatic nitrogens is 5. The van der Waals surface area contributed by atoms with E-state index in [0.29, 0.717) is 16.8 Å². The Morgan fingerprint density at radius 2 is 2.19 bits per heavy atom. The number of hydrogen-bond donors (Lipinski definition) is 0. The van der Waals surface area contributed by atoms with Crippen molar-refractivity contribution in [3.05, 3.63) is 58.3 Å². The summed E-state index contributed by atoms with van der Waals surface area (Å²) >= 11 is 1.42. The van der Waals surface area contributed by atoms with Crippen molar-refractivity contribution in [1.29, 1.82) is 0 Å². The maximum Gasteiger partial charge on any atom is 0.262 e. The standard InChI is InChI=1S/C18H16N6O2S/c25-15(10-22-11-19-17-12(18(22)26)6-9-27-17)23-8-3-4-13(23)16-21-20-14-5-1-2-7-24(14)16/h1-2,5-7,9,11,13H,3-4,8,10H2. The van der Waals surface area contributed by atoms with E-state index in [1.165, 1.54) is 22.2 Å². The molecule has 1 saturated heterocycles. The van der Waals surface area contributed by atoms with Crippen LogP contribution in [-0.4, -0.2) is 41.5 Å². The van der Waals surface area contributed by atoms with Gasteiger partial charge in [0.25, 0.3) is 5.56 Å². The molecule has 1 fully saturated rings. The second kappa shape index (κ2) is 6.27. The van der Waals surface area contributed by atoms with Crippen molar-refractivity contribution >= 4 is 33.1 Å². The molecule has 4 aromatic heterocycles. The van der Waals surface area contributed by atoms with Gasteiger partial charge < -0.3 is 4.90 Å². The van der Waals surface area contributed by atoms with Crippen molar-refractivity contribution < 1.29 is 4.79 Å². The summed E-state index contributed by atoms with van der Waals surface area (Å²) in [6, 6.07) is 7.33. The van der Waals surface area contributed by atoms with Gasteiger partial charge in [0.2, 0.25) is 5.91 Å². The third-order valence-electron chi connectivity index (χ3n) is 4.97. The van der Waals surface area contributed by atoms with E-state index < -0.39 is 0 Å². The summed E-state index contributed by atoms with van der Waals surface area (Å²) in [6.45, 7) is 0.624. The van der Waals surface area contributed by atoms with Crippen molar-refractivity contribution in [2.45, 2.75) is 25.4 Å². The molecule has 1 atom stereocenters. The van der Waals surface area contributed by atoms with Crippen molar-refractivity contribution in [2.75, 3.05) is 6.54 Å². The second-order valence-electron chi connectivity index (χ2n) is 6.55. The van der Waals surface area contributed by atoms with Crippen LogP contribution in [0.1, 0.15) is 24.7 Å². The maximum atomic E-state index is 13.0. The Balaban J connectivity index is 1.45. The van der Waals surface area contributed by atoms with E-state index in [2.05, 4.69) is 15.2 Å². The average molecular weight is 380 g/mol. The van der Waals surface area contributed by atoms with E-state index in [0.717, 1.165) is 24.3 Å². The van der Waals surface area contributed by atoms with Crippen LogP contribution in [-0.2, 0) is 11.3 Å². The number of pyridine rings is 1. The quantitative estimate of drug-likeness (QED) is 0.542. The van der Waals surface area contributed by atoms with Gasteiger partial charge >= 0.3 is 0 Å². The number of thiophene rings is 1. The smallest absolute Gasteiger partial charge is 0.262 e. The molecule has 4 aromatic rings. The molecule has 0 aromatic carbocycles. The molecule has 0 radical (unpaired) electrons. The van der Waals surface area contributed by atoms with Crippen molar-refractivity contribution in [3.8, 4) is 0 Å². The molecule has 9 heteroatoms. The second-order valence-corrected chi connectivity index (χ2v) is 7.44. The van der Waals surface area contributed by atoms with E-state index in [1.807, 2.05) is 34.2 Å². The number of amides is 1. The Bertz CT molecular complexity index is 1210. The van der Waals surface area contributed by atoms with E-state index >= 15 is 0 Å². The van der Waals surface area contributed by atoms with Crippen LogP contribution in [0, 0.1) is 0 Å². The first-order valence-electron chi connectivity index (χ1n) is 8.74. The number of rotatable bonds is 3. The van der Waals surface area contributed by atoms with Gasteiger partial charge in [0.15, 0.2) is 11.5 Å².